The minimum atomic E-state index is -0.00427. The third kappa shape index (κ3) is 5.59. The Morgan fingerprint density at radius 1 is 1.43 bits per heavy atom. The number of ether oxygens (including phenoxy) is 1. The summed E-state index contributed by atoms with van der Waals surface area (Å²) < 4.78 is 6.27. The maximum Gasteiger partial charge on any atom is 0.226 e. The second-order valence-corrected chi connectivity index (χ2v) is 7.12. The molecule has 1 atom stereocenters. The minimum Gasteiger partial charge on any atom is -0.385 e. The van der Waals surface area contributed by atoms with Crippen molar-refractivity contribution in [2.75, 3.05) is 33.9 Å². The van der Waals surface area contributed by atoms with Crippen LogP contribution < -0.4 is 5.32 Å². The Morgan fingerprint density at radius 2 is 2.17 bits per heavy atom. The molecule has 0 radical (unpaired) electrons. The van der Waals surface area contributed by atoms with E-state index in [4.69, 9.17) is 4.74 Å². The van der Waals surface area contributed by atoms with Gasteiger partial charge in [0.1, 0.15) is 0 Å². The summed E-state index contributed by atoms with van der Waals surface area (Å²) in [4.78, 5) is 15.0. The summed E-state index contributed by atoms with van der Waals surface area (Å²) in [5, 5.41) is 3.31. The molecule has 1 N–H and O–H groups in total. The zero-order valence-corrected chi connectivity index (χ0v) is 15.6. The summed E-state index contributed by atoms with van der Waals surface area (Å²) in [6.45, 7) is 2.33. The highest BCUT2D eigenvalue weighted by Gasteiger charge is 2.27. The standard InChI is InChI=1S/C18H27BrN2O2/c1-20-17-6-9-21(10-7-17)18(22)15(8-11-23-2)12-14-4-3-5-16(19)13-14/h3-5,13,15,17,20H,6-12H2,1-2H3. The summed E-state index contributed by atoms with van der Waals surface area (Å²) in [5.74, 6) is 0.270. The highest BCUT2D eigenvalue weighted by Crippen LogP contribution is 2.21. The van der Waals surface area contributed by atoms with E-state index in [1.165, 1.54) is 5.56 Å². The first kappa shape index (κ1) is 18.4. The van der Waals surface area contributed by atoms with Crippen molar-refractivity contribution in [3.8, 4) is 0 Å². The molecule has 23 heavy (non-hydrogen) atoms. The van der Waals surface area contributed by atoms with Gasteiger partial charge in [-0.2, -0.15) is 0 Å². The number of hydrogen-bond donors (Lipinski definition) is 1. The molecule has 0 aliphatic carbocycles. The quantitative estimate of drug-likeness (QED) is 0.787. The van der Waals surface area contributed by atoms with Crippen molar-refractivity contribution in [3.63, 3.8) is 0 Å². The van der Waals surface area contributed by atoms with Crippen LogP contribution in [0.25, 0.3) is 0 Å². The Hall–Kier alpha value is -0.910. The third-order valence-corrected chi connectivity index (χ3v) is 5.10. The summed E-state index contributed by atoms with van der Waals surface area (Å²) in [5.41, 5.74) is 1.19. The van der Waals surface area contributed by atoms with E-state index in [-0.39, 0.29) is 11.8 Å². The number of likely N-dealkylation sites (tertiary alicyclic amines) is 1. The van der Waals surface area contributed by atoms with Gasteiger partial charge in [-0.3, -0.25) is 4.79 Å². The number of piperidine rings is 1. The largest absolute Gasteiger partial charge is 0.385 e. The van der Waals surface area contributed by atoms with Crippen LogP contribution in [0.2, 0.25) is 0 Å². The Kier molecular flexibility index (Phi) is 7.53. The molecule has 128 valence electrons. The van der Waals surface area contributed by atoms with Gasteiger partial charge in [0, 0.05) is 43.2 Å². The molecule has 1 fully saturated rings. The van der Waals surface area contributed by atoms with E-state index < -0.39 is 0 Å². The zero-order valence-electron chi connectivity index (χ0n) is 14.1. The van der Waals surface area contributed by atoms with Crippen molar-refractivity contribution in [2.24, 2.45) is 5.92 Å². The maximum absolute atomic E-state index is 12.9. The highest BCUT2D eigenvalue weighted by atomic mass is 79.9. The fourth-order valence-corrected chi connectivity index (χ4v) is 3.61. The van der Waals surface area contributed by atoms with Crippen LogP contribution >= 0.6 is 15.9 Å². The van der Waals surface area contributed by atoms with E-state index in [1.54, 1.807) is 7.11 Å². The van der Waals surface area contributed by atoms with E-state index in [0.717, 1.165) is 43.2 Å². The van der Waals surface area contributed by atoms with Crippen LogP contribution in [-0.4, -0.2) is 50.7 Å². The molecule has 1 aromatic rings. The van der Waals surface area contributed by atoms with Gasteiger partial charge in [-0.05, 0) is 50.4 Å². The number of carbonyl (C=O) groups excluding carboxylic acids is 1. The average molecular weight is 383 g/mol. The smallest absolute Gasteiger partial charge is 0.226 e. The van der Waals surface area contributed by atoms with Crippen LogP contribution in [0.3, 0.4) is 0 Å². The monoisotopic (exact) mass is 382 g/mol. The Labute approximate surface area is 147 Å². The maximum atomic E-state index is 12.9. The van der Waals surface area contributed by atoms with E-state index in [0.29, 0.717) is 12.6 Å². The van der Waals surface area contributed by atoms with Gasteiger partial charge < -0.3 is 15.0 Å². The molecule has 2 rings (SSSR count). The Morgan fingerprint density at radius 3 is 2.78 bits per heavy atom. The van der Waals surface area contributed by atoms with Gasteiger partial charge in [-0.1, -0.05) is 28.1 Å². The fraction of sp³-hybridized carbons (Fsp3) is 0.611. The van der Waals surface area contributed by atoms with E-state index >= 15 is 0 Å². The minimum absolute atomic E-state index is 0.00427. The van der Waals surface area contributed by atoms with Crippen LogP contribution in [0.5, 0.6) is 0 Å². The average Bonchev–Trinajstić information content (AvgIpc) is 2.58. The number of carbonyl (C=O) groups is 1. The molecule has 1 aliphatic rings. The van der Waals surface area contributed by atoms with E-state index in [2.05, 4.69) is 33.4 Å². The van der Waals surface area contributed by atoms with Crippen molar-refractivity contribution < 1.29 is 9.53 Å². The van der Waals surface area contributed by atoms with Crippen LogP contribution in [0.1, 0.15) is 24.8 Å². The van der Waals surface area contributed by atoms with Crippen LogP contribution in [-0.2, 0) is 16.0 Å². The number of benzene rings is 1. The number of halogens is 1. The van der Waals surface area contributed by atoms with Crippen molar-refractivity contribution in [1.29, 1.82) is 0 Å². The summed E-state index contributed by atoms with van der Waals surface area (Å²) in [6, 6.07) is 8.76. The number of hydrogen-bond acceptors (Lipinski definition) is 3. The lowest BCUT2D eigenvalue weighted by molar-refractivity contribution is -0.137. The summed E-state index contributed by atoms with van der Waals surface area (Å²) in [7, 11) is 3.69. The first-order chi connectivity index (χ1) is 11.1. The molecule has 5 heteroatoms. The number of methoxy groups -OCH3 is 1. The van der Waals surface area contributed by atoms with Crippen molar-refractivity contribution in [1.82, 2.24) is 10.2 Å². The molecule has 1 unspecified atom stereocenters. The number of nitrogens with zero attached hydrogens (tertiary/aromatic N) is 1. The first-order valence-electron chi connectivity index (χ1n) is 8.33. The van der Waals surface area contributed by atoms with Gasteiger partial charge in [0.15, 0.2) is 0 Å². The molecule has 0 aromatic heterocycles. The molecule has 1 amide bonds. The van der Waals surface area contributed by atoms with Crippen molar-refractivity contribution >= 4 is 21.8 Å². The third-order valence-electron chi connectivity index (χ3n) is 4.61. The van der Waals surface area contributed by atoms with E-state index in [1.807, 2.05) is 24.1 Å². The van der Waals surface area contributed by atoms with Crippen molar-refractivity contribution in [3.05, 3.63) is 34.3 Å². The van der Waals surface area contributed by atoms with Gasteiger partial charge in [0.05, 0.1) is 0 Å². The molecule has 1 saturated heterocycles. The zero-order chi connectivity index (χ0) is 16.7. The highest BCUT2D eigenvalue weighted by molar-refractivity contribution is 9.10. The fourth-order valence-electron chi connectivity index (χ4n) is 3.17. The predicted octanol–water partition coefficient (Wildman–Crippen LogP) is 2.85. The SMILES string of the molecule is CNC1CCN(C(=O)C(CCOC)Cc2cccc(Br)c2)CC1. The molecule has 1 aliphatic heterocycles. The lowest BCUT2D eigenvalue weighted by Gasteiger charge is -2.34. The lowest BCUT2D eigenvalue weighted by Crippen LogP contribution is -2.46. The Bertz CT molecular complexity index is 502. The van der Waals surface area contributed by atoms with Crippen LogP contribution in [0, 0.1) is 5.92 Å². The predicted molar refractivity (Wildman–Crippen MR) is 96.5 cm³/mol. The van der Waals surface area contributed by atoms with Crippen LogP contribution in [0.15, 0.2) is 28.7 Å². The van der Waals surface area contributed by atoms with Crippen molar-refractivity contribution in [2.45, 2.75) is 31.7 Å². The summed E-state index contributed by atoms with van der Waals surface area (Å²) >= 11 is 3.51. The molecule has 0 spiro atoms. The molecule has 1 heterocycles. The molecule has 1 aromatic carbocycles. The molecule has 0 saturated carbocycles. The van der Waals surface area contributed by atoms with Crippen LogP contribution in [0.4, 0.5) is 0 Å². The topological polar surface area (TPSA) is 41.6 Å². The summed E-state index contributed by atoms with van der Waals surface area (Å²) in [6.07, 6.45) is 3.62. The molecule has 4 nitrogen and oxygen atoms in total. The first-order valence-corrected chi connectivity index (χ1v) is 9.12. The van der Waals surface area contributed by atoms with Gasteiger partial charge in [-0.15, -0.1) is 0 Å². The molecular formula is C18H27BrN2O2. The van der Waals surface area contributed by atoms with Gasteiger partial charge in [0.2, 0.25) is 5.91 Å². The Balaban J connectivity index is 2.00. The lowest BCUT2D eigenvalue weighted by atomic mass is 9.93. The molecule has 0 bridgehead atoms. The second-order valence-electron chi connectivity index (χ2n) is 6.20. The number of rotatable bonds is 7. The molecular weight excluding hydrogens is 356 g/mol. The van der Waals surface area contributed by atoms with Gasteiger partial charge >= 0.3 is 0 Å². The van der Waals surface area contributed by atoms with E-state index in [9.17, 15) is 4.79 Å². The normalized spacial score (nSPS) is 17.3. The van der Waals surface area contributed by atoms with Gasteiger partial charge in [-0.25, -0.2) is 0 Å². The van der Waals surface area contributed by atoms with Gasteiger partial charge in [0.25, 0.3) is 0 Å². The second kappa shape index (κ2) is 9.40. The number of amides is 1. The number of nitrogens with one attached hydrogen (secondary N) is 1.